The van der Waals surface area contributed by atoms with Crippen molar-refractivity contribution in [3.8, 4) is 5.75 Å². The van der Waals surface area contributed by atoms with Crippen LogP contribution in [0.3, 0.4) is 0 Å². The first kappa shape index (κ1) is 22.2. The molecule has 0 aromatic heterocycles. The van der Waals surface area contributed by atoms with Crippen molar-refractivity contribution in [3.63, 3.8) is 0 Å². The van der Waals surface area contributed by atoms with E-state index >= 15 is 0 Å². The molecule has 0 spiro atoms. The lowest BCUT2D eigenvalue weighted by atomic mass is 10.2. The highest BCUT2D eigenvalue weighted by Crippen LogP contribution is 2.33. The van der Waals surface area contributed by atoms with E-state index in [0.717, 1.165) is 36.2 Å². The van der Waals surface area contributed by atoms with E-state index in [1.54, 1.807) is 18.2 Å². The number of nitrogens with zero attached hydrogens (tertiary/aromatic N) is 2. The van der Waals surface area contributed by atoms with Crippen LogP contribution in [-0.4, -0.2) is 48.3 Å². The quantitative estimate of drug-likeness (QED) is 0.759. The van der Waals surface area contributed by atoms with Crippen molar-refractivity contribution < 1.29 is 21.9 Å². The van der Waals surface area contributed by atoms with Crippen molar-refractivity contribution in [2.75, 3.05) is 42.4 Å². The van der Waals surface area contributed by atoms with Gasteiger partial charge in [0.05, 0.1) is 10.6 Å². The monoisotopic (exact) mass is 433 g/mol. The van der Waals surface area contributed by atoms with Crippen LogP contribution in [-0.2, 0) is 10.0 Å². The van der Waals surface area contributed by atoms with E-state index < -0.39 is 16.6 Å². The van der Waals surface area contributed by atoms with Gasteiger partial charge in [0.25, 0.3) is 10.0 Å². The Morgan fingerprint density at radius 1 is 1.11 bits per heavy atom. The van der Waals surface area contributed by atoms with Crippen molar-refractivity contribution in [1.29, 1.82) is 0 Å². The van der Waals surface area contributed by atoms with Gasteiger partial charge in [0, 0.05) is 38.9 Å². The van der Waals surface area contributed by atoms with E-state index in [9.17, 15) is 17.2 Å². The standard InChI is InChI=1S/C18H21F2N3O3S.ClH/c1-22(16-7-2-3-8-17(16)26-18(19)20)27(24,25)15-6-4-5-14(13-15)23-11-9-21-10-12-23;/h2-8,13,18,21H,9-12H2,1H3;1H. The number of sulfonamides is 1. The number of anilines is 2. The molecule has 0 aliphatic carbocycles. The fraction of sp³-hybridized carbons (Fsp3) is 0.333. The van der Waals surface area contributed by atoms with Gasteiger partial charge in [-0.3, -0.25) is 4.31 Å². The van der Waals surface area contributed by atoms with Crippen LogP contribution in [0, 0.1) is 0 Å². The molecule has 154 valence electrons. The van der Waals surface area contributed by atoms with Gasteiger partial charge >= 0.3 is 6.61 Å². The summed E-state index contributed by atoms with van der Waals surface area (Å²) in [6.45, 7) is 0.178. The third-order valence-corrected chi connectivity index (χ3v) is 6.15. The van der Waals surface area contributed by atoms with Gasteiger partial charge in [-0.25, -0.2) is 8.42 Å². The largest absolute Gasteiger partial charge is 0.433 e. The Morgan fingerprint density at radius 2 is 1.79 bits per heavy atom. The summed E-state index contributed by atoms with van der Waals surface area (Å²) in [5.74, 6) is -0.197. The van der Waals surface area contributed by atoms with Crippen LogP contribution < -0.4 is 19.3 Å². The lowest BCUT2D eigenvalue weighted by molar-refractivity contribution is -0.0494. The number of hydrogen-bond donors (Lipinski definition) is 1. The molecule has 6 nitrogen and oxygen atoms in total. The number of halogens is 3. The number of hydrogen-bond acceptors (Lipinski definition) is 5. The second kappa shape index (κ2) is 9.40. The minimum Gasteiger partial charge on any atom is -0.433 e. The number of piperazine rings is 1. The van der Waals surface area contributed by atoms with E-state index in [-0.39, 0.29) is 28.7 Å². The van der Waals surface area contributed by atoms with Gasteiger partial charge in [-0.05, 0) is 30.3 Å². The molecular weight excluding hydrogens is 412 g/mol. The molecule has 10 heteroatoms. The van der Waals surface area contributed by atoms with Gasteiger partial charge in [0.2, 0.25) is 0 Å². The van der Waals surface area contributed by atoms with Crippen molar-refractivity contribution in [3.05, 3.63) is 48.5 Å². The first-order valence-corrected chi connectivity index (χ1v) is 9.92. The first-order valence-electron chi connectivity index (χ1n) is 8.48. The number of nitrogens with one attached hydrogen (secondary N) is 1. The number of ether oxygens (including phenoxy) is 1. The van der Waals surface area contributed by atoms with Gasteiger partial charge in [-0.15, -0.1) is 12.4 Å². The minimum atomic E-state index is -3.95. The molecule has 1 saturated heterocycles. The third kappa shape index (κ3) is 4.84. The molecule has 1 fully saturated rings. The Morgan fingerprint density at radius 3 is 2.46 bits per heavy atom. The van der Waals surface area contributed by atoms with Gasteiger partial charge in [-0.1, -0.05) is 18.2 Å². The molecule has 0 saturated carbocycles. The molecule has 1 N–H and O–H groups in total. The highest BCUT2D eigenvalue weighted by molar-refractivity contribution is 7.92. The number of rotatable bonds is 6. The Hall–Kier alpha value is -2.10. The average molecular weight is 434 g/mol. The normalized spacial score (nSPS) is 14.5. The van der Waals surface area contributed by atoms with E-state index in [1.165, 1.54) is 31.3 Å². The third-order valence-electron chi connectivity index (χ3n) is 4.38. The molecule has 0 atom stereocenters. The summed E-state index contributed by atoms with van der Waals surface area (Å²) < 4.78 is 56.8. The maximum atomic E-state index is 13.1. The number of para-hydroxylation sites is 2. The summed E-state index contributed by atoms with van der Waals surface area (Å²) in [5, 5.41) is 3.25. The van der Waals surface area contributed by atoms with Gasteiger partial charge < -0.3 is 15.0 Å². The van der Waals surface area contributed by atoms with Crippen LogP contribution in [0.5, 0.6) is 5.75 Å². The van der Waals surface area contributed by atoms with Crippen LogP contribution in [0.4, 0.5) is 20.2 Å². The van der Waals surface area contributed by atoms with Crippen molar-refractivity contribution in [1.82, 2.24) is 5.32 Å². The van der Waals surface area contributed by atoms with E-state index in [1.807, 2.05) is 6.07 Å². The highest BCUT2D eigenvalue weighted by Gasteiger charge is 2.25. The Balaban J connectivity index is 0.00000280. The lowest BCUT2D eigenvalue weighted by Crippen LogP contribution is -2.43. The smallest absolute Gasteiger partial charge is 0.387 e. The summed E-state index contributed by atoms with van der Waals surface area (Å²) in [4.78, 5) is 2.19. The molecular formula is C18H22ClF2N3O3S. The highest BCUT2D eigenvalue weighted by atomic mass is 35.5. The van der Waals surface area contributed by atoms with E-state index in [4.69, 9.17) is 0 Å². The zero-order chi connectivity index (χ0) is 19.4. The second-order valence-electron chi connectivity index (χ2n) is 6.05. The summed E-state index contributed by atoms with van der Waals surface area (Å²) in [6, 6.07) is 12.4. The van der Waals surface area contributed by atoms with Gasteiger partial charge in [-0.2, -0.15) is 8.78 Å². The molecule has 3 rings (SSSR count). The summed E-state index contributed by atoms with van der Waals surface area (Å²) in [7, 11) is -2.63. The number of benzene rings is 2. The average Bonchev–Trinajstić information content (AvgIpc) is 2.68. The Kier molecular flexibility index (Phi) is 7.45. The maximum absolute atomic E-state index is 13.1. The topological polar surface area (TPSA) is 61.9 Å². The lowest BCUT2D eigenvalue weighted by Gasteiger charge is -2.30. The first-order chi connectivity index (χ1) is 12.9. The molecule has 0 amide bonds. The zero-order valence-corrected chi connectivity index (χ0v) is 16.8. The minimum absolute atomic E-state index is 0. The predicted molar refractivity (Wildman–Crippen MR) is 107 cm³/mol. The molecule has 1 aliphatic heterocycles. The zero-order valence-electron chi connectivity index (χ0n) is 15.2. The Labute approximate surface area is 169 Å². The van der Waals surface area contributed by atoms with Crippen LogP contribution in [0.2, 0.25) is 0 Å². The molecule has 28 heavy (non-hydrogen) atoms. The van der Waals surface area contributed by atoms with Crippen LogP contribution in [0.15, 0.2) is 53.4 Å². The van der Waals surface area contributed by atoms with Gasteiger partial charge in [0.1, 0.15) is 5.75 Å². The molecule has 0 unspecified atom stereocenters. The van der Waals surface area contributed by atoms with Crippen LogP contribution >= 0.6 is 12.4 Å². The molecule has 0 bridgehead atoms. The van der Waals surface area contributed by atoms with Crippen molar-refractivity contribution >= 4 is 33.8 Å². The SMILES string of the molecule is CN(c1ccccc1OC(F)F)S(=O)(=O)c1cccc(N2CCNCC2)c1.Cl. The molecule has 0 radical (unpaired) electrons. The fourth-order valence-electron chi connectivity index (χ4n) is 2.96. The fourth-order valence-corrected chi connectivity index (χ4v) is 4.21. The number of alkyl halides is 2. The maximum Gasteiger partial charge on any atom is 0.387 e. The van der Waals surface area contributed by atoms with Crippen molar-refractivity contribution in [2.24, 2.45) is 0 Å². The summed E-state index contributed by atoms with van der Waals surface area (Å²) >= 11 is 0. The van der Waals surface area contributed by atoms with Crippen LogP contribution in [0.25, 0.3) is 0 Å². The predicted octanol–water partition coefficient (Wildman–Crippen LogP) is 2.94. The Bertz CT molecular complexity index is 893. The van der Waals surface area contributed by atoms with Crippen molar-refractivity contribution in [2.45, 2.75) is 11.5 Å². The molecule has 1 aliphatic rings. The van der Waals surface area contributed by atoms with Gasteiger partial charge in [0.15, 0.2) is 0 Å². The van der Waals surface area contributed by atoms with Crippen LogP contribution in [0.1, 0.15) is 0 Å². The molecule has 2 aromatic carbocycles. The van der Waals surface area contributed by atoms with E-state index in [0.29, 0.717) is 0 Å². The summed E-state index contributed by atoms with van der Waals surface area (Å²) in [6.07, 6.45) is 0. The van der Waals surface area contributed by atoms with E-state index in [2.05, 4.69) is 15.0 Å². The summed E-state index contributed by atoms with van der Waals surface area (Å²) in [5.41, 5.74) is 0.855. The molecule has 2 aromatic rings. The second-order valence-corrected chi connectivity index (χ2v) is 8.02. The molecule has 1 heterocycles.